The minimum absolute atomic E-state index is 0.354. The van der Waals surface area contributed by atoms with Crippen molar-refractivity contribution in [2.45, 2.75) is 45.6 Å². The van der Waals surface area contributed by atoms with Crippen LogP contribution in [0, 0.1) is 20.4 Å². The lowest BCUT2D eigenvalue weighted by atomic mass is 9.94. The van der Waals surface area contributed by atoms with Crippen LogP contribution in [0.3, 0.4) is 0 Å². The monoisotopic (exact) mass is 342 g/mol. The smallest absolute Gasteiger partial charge is 0.188 e. The van der Waals surface area contributed by atoms with Gasteiger partial charge in [-0.05, 0) is 60.9 Å². The van der Waals surface area contributed by atoms with Gasteiger partial charge >= 0.3 is 0 Å². The van der Waals surface area contributed by atoms with Gasteiger partial charge in [0.15, 0.2) is 5.69 Å². The quantitative estimate of drug-likeness (QED) is 0.512. The summed E-state index contributed by atoms with van der Waals surface area (Å²) < 4.78 is 2.34. The lowest BCUT2D eigenvalue weighted by molar-refractivity contribution is -0.120. The standard InChI is InChI=1S/C23H22N2O/c1-15-5-4-6-20(16(15)2)22-14-25(18-8-10-19(26)11-9-18)23-12-7-17(24-3)13-21(22)23/h4-7,12-14,18H,8-11H2,1-2H3. The van der Waals surface area contributed by atoms with Crippen LogP contribution in [-0.2, 0) is 4.79 Å². The molecule has 1 fully saturated rings. The maximum atomic E-state index is 11.7. The first-order valence-corrected chi connectivity index (χ1v) is 9.19. The molecular formula is C23H22N2O. The van der Waals surface area contributed by atoms with Crippen LogP contribution in [0.4, 0.5) is 5.69 Å². The first-order valence-electron chi connectivity index (χ1n) is 9.19. The van der Waals surface area contributed by atoms with Crippen LogP contribution in [0.5, 0.6) is 0 Å². The Morgan fingerprint density at radius 3 is 2.58 bits per heavy atom. The molecule has 0 N–H and O–H groups in total. The molecule has 0 amide bonds. The van der Waals surface area contributed by atoms with E-state index in [0.717, 1.165) is 23.7 Å². The van der Waals surface area contributed by atoms with Gasteiger partial charge in [-0.1, -0.05) is 24.3 Å². The fourth-order valence-electron chi connectivity index (χ4n) is 4.07. The number of nitrogens with zero attached hydrogens (tertiary/aromatic N) is 2. The molecule has 1 saturated carbocycles. The highest BCUT2D eigenvalue weighted by molar-refractivity contribution is 5.99. The lowest BCUT2D eigenvalue weighted by Crippen LogP contribution is -2.17. The van der Waals surface area contributed by atoms with Crippen LogP contribution >= 0.6 is 0 Å². The van der Waals surface area contributed by atoms with E-state index in [4.69, 9.17) is 6.57 Å². The molecule has 3 nitrogen and oxygen atoms in total. The normalized spacial score (nSPS) is 15.3. The van der Waals surface area contributed by atoms with Crippen LogP contribution in [0.2, 0.25) is 0 Å². The van der Waals surface area contributed by atoms with Gasteiger partial charge in [-0.25, -0.2) is 4.85 Å². The summed E-state index contributed by atoms with van der Waals surface area (Å²) in [6.45, 7) is 11.7. The zero-order chi connectivity index (χ0) is 18.3. The molecule has 130 valence electrons. The van der Waals surface area contributed by atoms with Gasteiger partial charge in [-0.3, -0.25) is 4.79 Å². The van der Waals surface area contributed by atoms with Crippen molar-refractivity contribution in [1.29, 1.82) is 0 Å². The zero-order valence-electron chi connectivity index (χ0n) is 15.2. The lowest BCUT2D eigenvalue weighted by Gasteiger charge is -2.23. The Hall–Kier alpha value is -2.86. The summed E-state index contributed by atoms with van der Waals surface area (Å²) in [4.78, 5) is 15.3. The van der Waals surface area contributed by atoms with E-state index in [9.17, 15) is 4.79 Å². The Morgan fingerprint density at radius 2 is 1.85 bits per heavy atom. The number of Topliss-reactive ketones (excluding diaryl/α,β-unsaturated/α-hetero) is 1. The predicted octanol–water partition coefficient (Wildman–Crippen LogP) is 6.16. The number of ketones is 1. The summed E-state index contributed by atoms with van der Waals surface area (Å²) in [5.41, 5.74) is 6.78. The minimum Gasteiger partial charge on any atom is -0.344 e. The van der Waals surface area contributed by atoms with E-state index in [-0.39, 0.29) is 0 Å². The van der Waals surface area contributed by atoms with E-state index in [0.29, 0.717) is 30.4 Å². The number of hydrogen-bond acceptors (Lipinski definition) is 1. The average molecular weight is 342 g/mol. The highest BCUT2D eigenvalue weighted by atomic mass is 16.1. The third kappa shape index (κ3) is 2.72. The van der Waals surface area contributed by atoms with Crippen molar-refractivity contribution in [3.63, 3.8) is 0 Å². The molecule has 0 saturated heterocycles. The third-order valence-corrected chi connectivity index (χ3v) is 5.75. The summed E-state index contributed by atoms with van der Waals surface area (Å²) >= 11 is 0. The topological polar surface area (TPSA) is 26.4 Å². The van der Waals surface area contributed by atoms with E-state index in [1.165, 1.54) is 22.3 Å². The van der Waals surface area contributed by atoms with Crippen LogP contribution in [-0.4, -0.2) is 10.4 Å². The molecule has 0 spiro atoms. The Bertz CT molecular complexity index is 1040. The summed E-state index contributed by atoms with van der Waals surface area (Å²) in [5.74, 6) is 0.378. The molecule has 0 unspecified atom stereocenters. The molecule has 26 heavy (non-hydrogen) atoms. The maximum absolute atomic E-state index is 11.7. The first kappa shape index (κ1) is 16.6. The molecule has 0 aliphatic heterocycles. The number of aryl methyl sites for hydroxylation is 1. The molecule has 1 aliphatic rings. The largest absolute Gasteiger partial charge is 0.344 e. The van der Waals surface area contributed by atoms with Crippen LogP contribution in [0.1, 0.15) is 42.9 Å². The number of hydrogen-bond donors (Lipinski definition) is 0. The van der Waals surface area contributed by atoms with Gasteiger partial charge in [-0.2, -0.15) is 0 Å². The first-order chi connectivity index (χ1) is 12.6. The van der Waals surface area contributed by atoms with Gasteiger partial charge < -0.3 is 4.57 Å². The van der Waals surface area contributed by atoms with Crippen molar-refractivity contribution >= 4 is 22.4 Å². The SMILES string of the molecule is [C-]#[N+]c1ccc2c(c1)c(-c1cccc(C)c1C)cn2C1CCC(=O)CC1. The number of carbonyl (C=O) groups is 1. The molecule has 3 aromatic rings. The van der Waals surface area contributed by atoms with Crippen LogP contribution in [0.25, 0.3) is 26.9 Å². The minimum atomic E-state index is 0.354. The number of rotatable bonds is 2. The molecule has 2 aromatic carbocycles. The third-order valence-electron chi connectivity index (χ3n) is 5.75. The number of fused-ring (bicyclic) bond motifs is 1. The second-order valence-electron chi connectivity index (χ2n) is 7.28. The van der Waals surface area contributed by atoms with Gasteiger partial charge in [0, 0.05) is 36.2 Å². The second-order valence-corrected chi connectivity index (χ2v) is 7.28. The molecule has 1 aromatic heterocycles. The Balaban J connectivity index is 1.93. The second kappa shape index (κ2) is 6.46. The molecular weight excluding hydrogens is 320 g/mol. The molecule has 0 atom stereocenters. The van der Waals surface area contributed by atoms with E-state index < -0.39 is 0 Å². The molecule has 1 heterocycles. The Kier molecular flexibility index (Phi) is 4.12. The van der Waals surface area contributed by atoms with Gasteiger partial charge in [0.05, 0.1) is 6.57 Å². The fraction of sp³-hybridized carbons (Fsp3) is 0.304. The van der Waals surface area contributed by atoms with Crippen LogP contribution in [0.15, 0.2) is 42.6 Å². The summed E-state index contributed by atoms with van der Waals surface area (Å²) in [7, 11) is 0. The van der Waals surface area contributed by atoms with E-state index >= 15 is 0 Å². The van der Waals surface area contributed by atoms with Gasteiger partial charge in [0.1, 0.15) is 5.78 Å². The van der Waals surface area contributed by atoms with Crippen molar-refractivity contribution in [1.82, 2.24) is 4.57 Å². The van der Waals surface area contributed by atoms with Crippen molar-refractivity contribution < 1.29 is 4.79 Å². The molecule has 1 aliphatic carbocycles. The molecule has 3 heteroatoms. The number of aromatic nitrogens is 1. The van der Waals surface area contributed by atoms with Crippen molar-refractivity contribution in [3.05, 3.63) is 65.1 Å². The van der Waals surface area contributed by atoms with Crippen molar-refractivity contribution in [2.75, 3.05) is 0 Å². The van der Waals surface area contributed by atoms with E-state index in [2.05, 4.69) is 53.7 Å². The van der Waals surface area contributed by atoms with E-state index in [1.807, 2.05) is 12.1 Å². The van der Waals surface area contributed by atoms with Crippen LogP contribution < -0.4 is 0 Å². The summed E-state index contributed by atoms with van der Waals surface area (Å²) in [6, 6.07) is 12.7. The van der Waals surface area contributed by atoms with Gasteiger partial charge in [-0.15, -0.1) is 0 Å². The highest BCUT2D eigenvalue weighted by Gasteiger charge is 2.23. The van der Waals surface area contributed by atoms with Crippen molar-refractivity contribution in [3.8, 4) is 11.1 Å². The summed E-state index contributed by atoms with van der Waals surface area (Å²) in [5, 5.41) is 1.13. The fourth-order valence-corrected chi connectivity index (χ4v) is 4.07. The number of carbonyl (C=O) groups excluding carboxylic acids is 1. The van der Waals surface area contributed by atoms with Crippen molar-refractivity contribution in [2.24, 2.45) is 0 Å². The predicted molar refractivity (Wildman–Crippen MR) is 106 cm³/mol. The maximum Gasteiger partial charge on any atom is 0.188 e. The Morgan fingerprint density at radius 1 is 1.08 bits per heavy atom. The Labute approximate surface area is 154 Å². The zero-order valence-corrected chi connectivity index (χ0v) is 15.2. The molecule has 4 rings (SSSR count). The summed E-state index contributed by atoms with van der Waals surface area (Å²) in [6.07, 6.45) is 5.38. The molecule has 0 radical (unpaired) electrons. The average Bonchev–Trinajstić information content (AvgIpc) is 3.03. The van der Waals surface area contributed by atoms with Gasteiger partial charge in [0.2, 0.25) is 0 Å². The highest BCUT2D eigenvalue weighted by Crippen LogP contribution is 2.39. The number of benzene rings is 2. The molecule has 0 bridgehead atoms. The van der Waals surface area contributed by atoms with Gasteiger partial charge in [0.25, 0.3) is 0 Å². The van der Waals surface area contributed by atoms with E-state index in [1.54, 1.807) is 0 Å².